The zero-order valence-corrected chi connectivity index (χ0v) is 8.71. The predicted octanol–water partition coefficient (Wildman–Crippen LogP) is 1.83. The lowest BCUT2D eigenvalue weighted by Gasteiger charge is -2.35. The highest BCUT2D eigenvalue weighted by Gasteiger charge is 2.33. The molecule has 0 aromatic carbocycles. The van der Waals surface area contributed by atoms with Crippen molar-refractivity contribution in [2.75, 3.05) is 6.54 Å². The highest BCUT2D eigenvalue weighted by molar-refractivity contribution is 5.20. The van der Waals surface area contributed by atoms with Crippen molar-refractivity contribution in [1.29, 1.82) is 0 Å². The van der Waals surface area contributed by atoms with Gasteiger partial charge in [0.15, 0.2) is 0 Å². The zero-order valence-electron chi connectivity index (χ0n) is 8.71. The maximum atomic E-state index is 10.3. The molecule has 1 aliphatic carbocycles. The van der Waals surface area contributed by atoms with E-state index in [4.69, 9.17) is 5.73 Å². The number of rotatable bonds is 3. The Morgan fingerprint density at radius 1 is 1.54 bits per heavy atom. The first kappa shape index (κ1) is 10.7. The maximum absolute atomic E-state index is 10.3. The van der Waals surface area contributed by atoms with Crippen LogP contribution in [-0.2, 0) is 0 Å². The van der Waals surface area contributed by atoms with Gasteiger partial charge in [0.05, 0.1) is 0 Å². The van der Waals surface area contributed by atoms with Crippen molar-refractivity contribution in [2.45, 2.75) is 45.1 Å². The third-order valence-electron chi connectivity index (χ3n) is 3.11. The van der Waals surface area contributed by atoms with Crippen molar-refractivity contribution in [3.63, 3.8) is 0 Å². The third-order valence-corrected chi connectivity index (χ3v) is 3.11. The number of hydrogen-bond acceptors (Lipinski definition) is 2. The summed E-state index contributed by atoms with van der Waals surface area (Å²) < 4.78 is 0. The van der Waals surface area contributed by atoms with Gasteiger partial charge < -0.3 is 10.8 Å². The molecule has 0 saturated heterocycles. The molecule has 0 aromatic rings. The summed E-state index contributed by atoms with van der Waals surface area (Å²) >= 11 is 0. The molecular formula is C11H21NO. The smallest absolute Gasteiger partial charge is 0.100 e. The molecule has 2 heteroatoms. The third kappa shape index (κ3) is 2.12. The van der Waals surface area contributed by atoms with Gasteiger partial charge in [-0.3, -0.25) is 0 Å². The van der Waals surface area contributed by atoms with Crippen LogP contribution in [0, 0.1) is 5.92 Å². The van der Waals surface area contributed by atoms with E-state index in [1.165, 1.54) is 12.8 Å². The first-order valence-electron chi connectivity index (χ1n) is 5.23. The molecule has 0 amide bonds. The van der Waals surface area contributed by atoms with Crippen LogP contribution < -0.4 is 5.73 Å². The largest absolute Gasteiger partial charge is 0.384 e. The zero-order chi connectivity index (χ0) is 9.90. The molecule has 1 rings (SSSR count). The summed E-state index contributed by atoms with van der Waals surface area (Å²) in [6, 6.07) is 0. The summed E-state index contributed by atoms with van der Waals surface area (Å²) in [7, 11) is 0. The quantitative estimate of drug-likeness (QED) is 0.656. The van der Waals surface area contributed by atoms with E-state index in [2.05, 4.69) is 6.08 Å². The van der Waals surface area contributed by atoms with Crippen LogP contribution in [0.2, 0.25) is 0 Å². The Balaban J connectivity index is 2.80. The number of nitrogens with two attached hydrogens (primary N) is 1. The van der Waals surface area contributed by atoms with Gasteiger partial charge in [0, 0.05) is 6.54 Å². The van der Waals surface area contributed by atoms with Gasteiger partial charge in [0.2, 0.25) is 0 Å². The van der Waals surface area contributed by atoms with Crippen LogP contribution in [0.15, 0.2) is 11.6 Å². The fourth-order valence-electron chi connectivity index (χ4n) is 1.97. The normalized spacial score (nSPS) is 22.7. The van der Waals surface area contributed by atoms with Crippen molar-refractivity contribution < 1.29 is 5.11 Å². The van der Waals surface area contributed by atoms with Crippen molar-refractivity contribution in [3.05, 3.63) is 11.6 Å². The SMILES string of the molecule is CC(C)C(O)(CN)C1=CCCCC1. The van der Waals surface area contributed by atoms with Crippen molar-refractivity contribution in [1.82, 2.24) is 0 Å². The first-order valence-corrected chi connectivity index (χ1v) is 5.23. The predicted molar refractivity (Wildman–Crippen MR) is 55.4 cm³/mol. The number of hydrogen-bond donors (Lipinski definition) is 2. The average Bonchev–Trinajstić information content (AvgIpc) is 2.17. The first-order chi connectivity index (χ1) is 6.11. The van der Waals surface area contributed by atoms with E-state index in [1.54, 1.807) is 0 Å². The number of aliphatic hydroxyl groups is 1. The van der Waals surface area contributed by atoms with Crippen LogP contribution in [0.25, 0.3) is 0 Å². The van der Waals surface area contributed by atoms with Crippen molar-refractivity contribution >= 4 is 0 Å². The Morgan fingerprint density at radius 3 is 2.62 bits per heavy atom. The Morgan fingerprint density at radius 2 is 2.23 bits per heavy atom. The van der Waals surface area contributed by atoms with E-state index < -0.39 is 5.60 Å². The molecule has 0 radical (unpaired) electrons. The monoisotopic (exact) mass is 183 g/mol. The minimum atomic E-state index is -0.750. The minimum Gasteiger partial charge on any atom is -0.384 e. The summed E-state index contributed by atoms with van der Waals surface area (Å²) in [6.45, 7) is 4.40. The Hall–Kier alpha value is -0.340. The summed E-state index contributed by atoms with van der Waals surface area (Å²) in [4.78, 5) is 0. The molecule has 1 atom stereocenters. The van der Waals surface area contributed by atoms with Gasteiger partial charge in [-0.15, -0.1) is 0 Å². The lowest BCUT2D eigenvalue weighted by Crippen LogP contribution is -2.45. The molecule has 3 N–H and O–H groups in total. The van der Waals surface area contributed by atoms with Crippen molar-refractivity contribution in [3.8, 4) is 0 Å². The molecule has 0 aromatic heterocycles. The van der Waals surface area contributed by atoms with E-state index >= 15 is 0 Å². The van der Waals surface area contributed by atoms with E-state index in [1.807, 2.05) is 13.8 Å². The topological polar surface area (TPSA) is 46.2 Å². The van der Waals surface area contributed by atoms with Gasteiger partial charge >= 0.3 is 0 Å². The van der Waals surface area contributed by atoms with E-state index in [-0.39, 0.29) is 5.92 Å². The van der Waals surface area contributed by atoms with Crippen molar-refractivity contribution in [2.24, 2.45) is 11.7 Å². The summed E-state index contributed by atoms with van der Waals surface area (Å²) in [6.07, 6.45) is 6.75. The van der Waals surface area contributed by atoms with Crippen LogP contribution in [0.3, 0.4) is 0 Å². The molecule has 13 heavy (non-hydrogen) atoms. The fourth-order valence-corrected chi connectivity index (χ4v) is 1.97. The fraction of sp³-hybridized carbons (Fsp3) is 0.818. The van der Waals surface area contributed by atoms with E-state index in [9.17, 15) is 5.11 Å². The summed E-state index contributed by atoms with van der Waals surface area (Å²) in [5, 5.41) is 10.3. The lowest BCUT2D eigenvalue weighted by atomic mass is 9.78. The van der Waals surface area contributed by atoms with Crippen LogP contribution in [-0.4, -0.2) is 17.3 Å². The molecule has 0 bridgehead atoms. The lowest BCUT2D eigenvalue weighted by molar-refractivity contribution is 0.0353. The molecule has 1 aliphatic rings. The van der Waals surface area contributed by atoms with Gasteiger partial charge in [-0.05, 0) is 37.2 Å². The molecule has 1 unspecified atom stereocenters. The van der Waals surface area contributed by atoms with Crippen LogP contribution in [0.4, 0.5) is 0 Å². The molecule has 0 saturated carbocycles. The second kappa shape index (κ2) is 4.25. The standard InChI is InChI=1S/C11H21NO/c1-9(2)11(13,8-12)10-6-4-3-5-7-10/h6,9,13H,3-5,7-8,12H2,1-2H3. The van der Waals surface area contributed by atoms with E-state index in [0.29, 0.717) is 6.54 Å². The minimum absolute atomic E-state index is 0.210. The second-order valence-corrected chi connectivity index (χ2v) is 4.26. The molecule has 76 valence electrons. The summed E-state index contributed by atoms with van der Waals surface area (Å²) in [5.74, 6) is 0.210. The van der Waals surface area contributed by atoms with Crippen LogP contribution in [0.1, 0.15) is 39.5 Å². The van der Waals surface area contributed by atoms with E-state index in [0.717, 1.165) is 18.4 Å². The molecule has 0 heterocycles. The Labute approximate surface area is 80.8 Å². The highest BCUT2D eigenvalue weighted by Crippen LogP contribution is 2.32. The van der Waals surface area contributed by atoms with Crippen LogP contribution >= 0.6 is 0 Å². The highest BCUT2D eigenvalue weighted by atomic mass is 16.3. The molecule has 2 nitrogen and oxygen atoms in total. The Bertz CT molecular complexity index is 198. The van der Waals surface area contributed by atoms with Gasteiger partial charge in [-0.1, -0.05) is 19.9 Å². The Kier molecular flexibility index (Phi) is 3.51. The molecule has 0 spiro atoms. The number of allylic oxidation sites excluding steroid dienone is 1. The second-order valence-electron chi connectivity index (χ2n) is 4.26. The maximum Gasteiger partial charge on any atom is 0.100 e. The van der Waals surface area contributed by atoms with Gasteiger partial charge in [0.1, 0.15) is 5.60 Å². The molecule has 0 aliphatic heterocycles. The average molecular weight is 183 g/mol. The molecular weight excluding hydrogens is 162 g/mol. The van der Waals surface area contributed by atoms with Gasteiger partial charge in [-0.2, -0.15) is 0 Å². The molecule has 0 fully saturated rings. The van der Waals surface area contributed by atoms with Gasteiger partial charge in [-0.25, -0.2) is 0 Å². The van der Waals surface area contributed by atoms with Crippen LogP contribution in [0.5, 0.6) is 0 Å². The van der Waals surface area contributed by atoms with Gasteiger partial charge in [0.25, 0.3) is 0 Å². The summed E-state index contributed by atoms with van der Waals surface area (Å²) in [5.41, 5.74) is 6.06.